The summed E-state index contributed by atoms with van der Waals surface area (Å²) in [6.07, 6.45) is 1.98. The van der Waals surface area contributed by atoms with E-state index in [0.29, 0.717) is 0 Å². The third-order valence-corrected chi connectivity index (χ3v) is 3.05. The molecule has 0 spiro atoms. The molecule has 0 aliphatic rings. The molecule has 2 rings (SSSR count). The molecule has 0 saturated carbocycles. The van der Waals surface area contributed by atoms with E-state index in [9.17, 15) is 4.79 Å². The van der Waals surface area contributed by atoms with Gasteiger partial charge in [0, 0.05) is 28.1 Å². The highest BCUT2D eigenvalue weighted by molar-refractivity contribution is 6.10. The van der Waals surface area contributed by atoms with Crippen LogP contribution in [-0.2, 0) is 6.42 Å². The van der Waals surface area contributed by atoms with Gasteiger partial charge in [0.05, 0.1) is 0 Å². The largest absolute Gasteiger partial charge is 0.358 e. The number of aryl methyl sites for hydroxylation is 1. The predicted octanol–water partition coefficient (Wildman–Crippen LogP) is 4.38. The molecule has 18 heavy (non-hydrogen) atoms. The number of Topliss-reactive ketones (excluding diaryl/α,β-unsaturated/α-hetero) is 1. The first-order valence-corrected chi connectivity index (χ1v) is 6.29. The first-order valence-electron chi connectivity index (χ1n) is 6.29. The van der Waals surface area contributed by atoms with Crippen molar-refractivity contribution in [1.29, 1.82) is 0 Å². The second kappa shape index (κ2) is 6.05. The van der Waals surface area contributed by atoms with Gasteiger partial charge in [0.15, 0.2) is 5.78 Å². The molecular weight excluding hydrogens is 246 g/mol. The predicted molar refractivity (Wildman–Crippen MR) is 78.7 cm³/mol. The fourth-order valence-electron chi connectivity index (χ4n) is 2.21. The molecule has 1 aromatic heterocycles. The lowest BCUT2D eigenvalue weighted by Crippen LogP contribution is -2.09. The SMILES string of the molecule is CCCc1[nH]c2ccccc2c1C(=O)C(C)C.Cl. The first kappa shape index (κ1) is 14.8. The molecule has 0 saturated heterocycles. The van der Waals surface area contributed by atoms with Crippen LogP contribution in [0.25, 0.3) is 10.9 Å². The van der Waals surface area contributed by atoms with Crippen LogP contribution in [-0.4, -0.2) is 10.8 Å². The zero-order valence-electron chi connectivity index (χ0n) is 11.1. The van der Waals surface area contributed by atoms with E-state index in [1.165, 1.54) is 0 Å². The van der Waals surface area contributed by atoms with Crippen LogP contribution in [0.15, 0.2) is 24.3 Å². The molecule has 0 fully saturated rings. The average Bonchev–Trinajstić information content (AvgIpc) is 2.66. The van der Waals surface area contributed by atoms with Gasteiger partial charge in [0.2, 0.25) is 0 Å². The zero-order chi connectivity index (χ0) is 12.4. The molecule has 0 aliphatic carbocycles. The fourth-order valence-corrected chi connectivity index (χ4v) is 2.21. The molecule has 2 aromatic rings. The Kier molecular flexibility index (Phi) is 4.97. The normalized spacial score (nSPS) is 10.7. The number of hydrogen-bond donors (Lipinski definition) is 1. The standard InChI is InChI=1S/C15H19NO.ClH/c1-4-7-13-14(15(17)10(2)3)11-8-5-6-9-12(11)16-13;/h5-6,8-10,16H,4,7H2,1-3H3;1H. The molecule has 0 aliphatic heterocycles. The summed E-state index contributed by atoms with van der Waals surface area (Å²) in [6, 6.07) is 8.05. The van der Waals surface area contributed by atoms with Crippen molar-refractivity contribution in [3.8, 4) is 0 Å². The molecule has 0 unspecified atom stereocenters. The maximum atomic E-state index is 12.3. The molecular formula is C15H20ClNO. The lowest BCUT2D eigenvalue weighted by atomic mass is 9.97. The van der Waals surface area contributed by atoms with Crippen LogP contribution < -0.4 is 0 Å². The zero-order valence-corrected chi connectivity index (χ0v) is 11.9. The molecule has 0 radical (unpaired) electrons. The van der Waals surface area contributed by atoms with Crippen molar-refractivity contribution in [2.75, 3.05) is 0 Å². The summed E-state index contributed by atoms with van der Waals surface area (Å²) in [5.74, 6) is 0.288. The Labute approximate surface area is 114 Å². The lowest BCUT2D eigenvalue weighted by molar-refractivity contribution is 0.0940. The molecule has 2 nitrogen and oxygen atoms in total. The smallest absolute Gasteiger partial charge is 0.167 e. The van der Waals surface area contributed by atoms with Crippen molar-refractivity contribution in [2.45, 2.75) is 33.6 Å². The average molecular weight is 266 g/mol. The van der Waals surface area contributed by atoms with Gasteiger partial charge in [0.25, 0.3) is 0 Å². The van der Waals surface area contributed by atoms with Crippen LogP contribution >= 0.6 is 12.4 Å². The number of rotatable bonds is 4. The second-order valence-electron chi connectivity index (χ2n) is 4.79. The summed E-state index contributed by atoms with van der Waals surface area (Å²) >= 11 is 0. The Morgan fingerprint density at radius 1 is 1.28 bits per heavy atom. The molecule has 1 aromatic carbocycles. The number of fused-ring (bicyclic) bond motifs is 1. The van der Waals surface area contributed by atoms with Crippen LogP contribution in [0.3, 0.4) is 0 Å². The summed E-state index contributed by atoms with van der Waals surface area (Å²) in [4.78, 5) is 15.7. The number of halogens is 1. The molecule has 1 N–H and O–H groups in total. The van der Waals surface area contributed by atoms with Gasteiger partial charge < -0.3 is 4.98 Å². The Hall–Kier alpha value is -1.28. The summed E-state index contributed by atoms with van der Waals surface area (Å²) in [6.45, 7) is 6.05. The summed E-state index contributed by atoms with van der Waals surface area (Å²) in [5, 5.41) is 1.06. The molecule has 1 heterocycles. The first-order chi connectivity index (χ1) is 8.15. The summed E-state index contributed by atoms with van der Waals surface area (Å²) in [7, 11) is 0. The number of para-hydroxylation sites is 1. The number of hydrogen-bond acceptors (Lipinski definition) is 1. The van der Waals surface area contributed by atoms with Crippen LogP contribution in [0.5, 0.6) is 0 Å². The molecule has 98 valence electrons. The van der Waals surface area contributed by atoms with E-state index in [1.54, 1.807) is 0 Å². The van der Waals surface area contributed by atoms with Gasteiger partial charge >= 0.3 is 0 Å². The number of benzene rings is 1. The number of H-pyrrole nitrogens is 1. The molecule has 0 amide bonds. The molecule has 0 atom stereocenters. The highest BCUT2D eigenvalue weighted by atomic mass is 35.5. The van der Waals surface area contributed by atoms with Gasteiger partial charge in [-0.3, -0.25) is 4.79 Å². The van der Waals surface area contributed by atoms with Gasteiger partial charge in [-0.25, -0.2) is 0 Å². The van der Waals surface area contributed by atoms with Crippen molar-refractivity contribution < 1.29 is 4.79 Å². The quantitative estimate of drug-likeness (QED) is 0.818. The van der Waals surface area contributed by atoms with Crippen molar-refractivity contribution in [3.63, 3.8) is 0 Å². The van der Waals surface area contributed by atoms with Crippen LogP contribution in [0.4, 0.5) is 0 Å². The van der Waals surface area contributed by atoms with E-state index < -0.39 is 0 Å². The number of aromatic nitrogens is 1. The maximum absolute atomic E-state index is 12.3. The van der Waals surface area contributed by atoms with Gasteiger partial charge in [-0.2, -0.15) is 0 Å². The molecule has 3 heteroatoms. The number of carbonyl (C=O) groups is 1. The van der Waals surface area contributed by atoms with E-state index in [0.717, 1.165) is 35.0 Å². The Bertz CT molecular complexity index is 542. The summed E-state index contributed by atoms with van der Waals surface area (Å²) < 4.78 is 0. The van der Waals surface area contributed by atoms with E-state index in [2.05, 4.69) is 11.9 Å². The topological polar surface area (TPSA) is 32.9 Å². The third kappa shape index (κ3) is 2.59. The minimum absolute atomic E-state index is 0. The minimum Gasteiger partial charge on any atom is -0.358 e. The monoisotopic (exact) mass is 265 g/mol. The van der Waals surface area contributed by atoms with E-state index in [-0.39, 0.29) is 24.1 Å². The fraction of sp³-hybridized carbons (Fsp3) is 0.400. The van der Waals surface area contributed by atoms with E-state index in [1.807, 2.05) is 38.1 Å². The van der Waals surface area contributed by atoms with Crippen molar-refractivity contribution in [3.05, 3.63) is 35.5 Å². The highest BCUT2D eigenvalue weighted by Gasteiger charge is 2.19. The van der Waals surface area contributed by atoms with Gasteiger partial charge in [-0.1, -0.05) is 45.4 Å². The highest BCUT2D eigenvalue weighted by Crippen LogP contribution is 2.25. The number of aromatic amines is 1. The van der Waals surface area contributed by atoms with E-state index in [4.69, 9.17) is 0 Å². The van der Waals surface area contributed by atoms with Crippen LogP contribution in [0, 0.1) is 5.92 Å². The number of nitrogens with one attached hydrogen (secondary N) is 1. The number of ketones is 1. The van der Waals surface area contributed by atoms with Crippen LogP contribution in [0.2, 0.25) is 0 Å². The van der Waals surface area contributed by atoms with Crippen molar-refractivity contribution in [2.24, 2.45) is 5.92 Å². The maximum Gasteiger partial charge on any atom is 0.167 e. The van der Waals surface area contributed by atoms with Gasteiger partial charge in [0.1, 0.15) is 0 Å². The van der Waals surface area contributed by atoms with Crippen molar-refractivity contribution in [1.82, 2.24) is 4.98 Å². The van der Waals surface area contributed by atoms with Crippen molar-refractivity contribution >= 4 is 29.1 Å². The van der Waals surface area contributed by atoms with Crippen LogP contribution in [0.1, 0.15) is 43.2 Å². The lowest BCUT2D eigenvalue weighted by Gasteiger charge is -2.05. The minimum atomic E-state index is 0. The Morgan fingerprint density at radius 2 is 1.94 bits per heavy atom. The van der Waals surface area contributed by atoms with Gasteiger partial charge in [-0.15, -0.1) is 12.4 Å². The summed E-state index contributed by atoms with van der Waals surface area (Å²) in [5.41, 5.74) is 3.06. The molecule has 0 bridgehead atoms. The Balaban J connectivity index is 0.00000162. The second-order valence-corrected chi connectivity index (χ2v) is 4.79. The Morgan fingerprint density at radius 3 is 2.56 bits per heavy atom. The number of carbonyl (C=O) groups excluding carboxylic acids is 1. The van der Waals surface area contributed by atoms with E-state index >= 15 is 0 Å². The van der Waals surface area contributed by atoms with Gasteiger partial charge in [-0.05, 0) is 12.5 Å². The third-order valence-electron chi connectivity index (χ3n) is 3.05.